The molecule has 27 heavy (non-hydrogen) atoms. The van der Waals surface area contributed by atoms with Crippen LogP contribution in [0.15, 0.2) is 48.7 Å². The van der Waals surface area contributed by atoms with Crippen LogP contribution in [0.4, 0.5) is 11.5 Å². The molecule has 0 aliphatic heterocycles. The van der Waals surface area contributed by atoms with Gasteiger partial charge in [-0.15, -0.1) is 0 Å². The van der Waals surface area contributed by atoms with Gasteiger partial charge in [0.1, 0.15) is 5.02 Å². The summed E-state index contributed by atoms with van der Waals surface area (Å²) in [5, 5.41) is 18.6. The molecular weight excluding hydrogens is 391 g/mol. The SMILES string of the molecule is Cc1cc(C(=O)Nc2nn(Cc3ccccc3Cl)cc2Cl)ccc1[N+](=O)[O-]. The highest BCUT2D eigenvalue weighted by Crippen LogP contribution is 2.24. The van der Waals surface area contributed by atoms with Crippen molar-refractivity contribution in [3.63, 3.8) is 0 Å². The van der Waals surface area contributed by atoms with Gasteiger partial charge in [0.25, 0.3) is 11.6 Å². The number of aromatic nitrogens is 2. The zero-order valence-electron chi connectivity index (χ0n) is 14.1. The Morgan fingerprint density at radius 2 is 1.96 bits per heavy atom. The molecule has 0 unspecified atom stereocenters. The number of aryl methyl sites for hydroxylation is 1. The van der Waals surface area contributed by atoms with Gasteiger partial charge in [0.15, 0.2) is 5.82 Å². The Balaban J connectivity index is 1.77. The van der Waals surface area contributed by atoms with Crippen molar-refractivity contribution in [2.45, 2.75) is 13.5 Å². The van der Waals surface area contributed by atoms with E-state index in [-0.39, 0.29) is 22.1 Å². The van der Waals surface area contributed by atoms with Gasteiger partial charge in [-0.25, -0.2) is 0 Å². The van der Waals surface area contributed by atoms with Crippen molar-refractivity contribution in [3.05, 3.63) is 85.5 Å². The molecular formula is C18H14Cl2N4O3. The topological polar surface area (TPSA) is 90.1 Å². The van der Waals surface area contributed by atoms with E-state index in [9.17, 15) is 14.9 Å². The lowest BCUT2D eigenvalue weighted by molar-refractivity contribution is -0.385. The van der Waals surface area contributed by atoms with Crippen LogP contribution in [0.3, 0.4) is 0 Å². The number of nitrogens with one attached hydrogen (secondary N) is 1. The average molecular weight is 405 g/mol. The number of amides is 1. The monoisotopic (exact) mass is 404 g/mol. The molecule has 0 saturated heterocycles. The molecule has 0 saturated carbocycles. The van der Waals surface area contributed by atoms with E-state index in [1.807, 2.05) is 18.2 Å². The molecule has 3 rings (SSSR count). The molecule has 0 bridgehead atoms. The Labute approximate surface area is 164 Å². The van der Waals surface area contributed by atoms with Gasteiger partial charge in [-0.05, 0) is 30.7 Å². The second kappa shape index (κ2) is 7.77. The zero-order valence-corrected chi connectivity index (χ0v) is 15.7. The molecule has 1 heterocycles. The fourth-order valence-corrected chi connectivity index (χ4v) is 2.94. The molecule has 7 nitrogen and oxygen atoms in total. The van der Waals surface area contributed by atoms with Crippen molar-refractivity contribution in [1.29, 1.82) is 0 Å². The van der Waals surface area contributed by atoms with Gasteiger partial charge in [0.2, 0.25) is 0 Å². The molecule has 2 aromatic carbocycles. The van der Waals surface area contributed by atoms with E-state index in [1.54, 1.807) is 23.9 Å². The van der Waals surface area contributed by atoms with Crippen molar-refractivity contribution in [3.8, 4) is 0 Å². The van der Waals surface area contributed by atoms with Gasteiger partial charge in [-0.3, -0.25) is 19.6 Å². The van der Waals surface area contributed by atoms with Gasteiger partial charge in [-0.2, -0.15) is 5.10 Å². The fraction of sp³-hybridized carbons (Fsp3) is 0.111. The van der Waals surface area contributed by atoms with E-state index < -0.39 is 10.8 Å². The third-order valence-electron chi connectivity index (χ3n) is 3.89. The Bertz CT molecular complexity index is 1030. The minimum atomic E-state index is -0.496. The van der Waals surface area contributed by atoms with Gasteiger partial charge in [0, 0.05) is 28.4 Å². The van der Waals surface area contributed by atoms with Gasteiger partial charge < -0.3 is 5.32 Å². The molecule has 1 aromatic heterocycles. The largest absolute Gasteiger partial charge is 0.304 e. The lowest BCUT2D eigenvalue weighted by Gasteiger charge is -2.05. The van der Waals surface area contributed by atoms with Crippen LogP contribution in [0.2, 0.25) is 10.0 Å². The van der Waals surface area contributed by atoms with E-state index in [0.29, 0.717) is 17.1 Å². The summed E-state index contributed by atoms with van der Waals surface area (Å²) in [7, 11) is 0. The first-order valence-electron chi connectivity index (χ1n) is 7.88. The Hall–Kier alpha value is -2.90. The van der Waals surface area contributed by atoms with Gasteiger partial charge in [0.05, 0.1) is 11.5 Å². The first-order chi connectivity index (χ1) is 12.8. The Kier molecular flexibility index (Phi) is 5.43. The molecule has 0 aliphatic carbocycles. The van der Waals surface area contributed by atoms with E-state index in [2.05, 4.69) is 10.4 Å². The summed E-state index contributed by atoms with van der Waals surface area (Å²) in [4.78, 5) is 22.8. The third kappa shape index (κ3) is 4.27. The van der Waals surface area contributed by atoms with Crippen molar-refractivity contribution in [2.75, 3.05) is 5.32 Å². The first-order valence-corrected chi connectivity index (χ1v) is 8.63. The predicted molar refractivity (Wildman–Crippen MR) is 104 cm³/mol. The second-order valence-electron chi connectivity index (χ2n) is 5.83. The van der Waals surface area contributed by atoms with E-state index in [0.717, 1.165) is 5.56 Å². The van der Waals surface area contributed by atoms with Crippen LogP contribution in [0, 0.1) is 17.0 Å². The molecule has 1 amide bonds. The number of nitro groups is 1. The molecule has 9 heteroatoms. The van der Waals surface area contributed by atoms with Crippen molar-refractivity contribution >= 4 is 40.6 Å². The number of carbonyl (C=O) groups is 1. The summed E-state index contributed by atoms with van der Waals surface area (Å²) in [5.74, 6) is -0.261. The lowest BCUT2D eigenvalue weighted by Crippen LogP contribution is -2.13. The van der Waals surface area contributed by atoms with Gasteiger partial charge >= 0.3 is 0 Å². The maximum atomic E-state index is 12.4. The number of carbonyl (C=O) groups excluding carboxylic acids is 1. The first kappa shape index (κ1) is 18.9. The summed E-state index contributed by atoms with van der Waals surface area (Å²) in [5.41, 5.74) is 1.48. The minimum absolute atomic E-state index is 0.0476. The average Bonchev–Trinajstić information content (AvgIpc) is 2.95. The maximum absolute atomic E-state index is 12.4. The van der Waals surface area contributed by atoms with E-state index >= 15 is 0 Å². The van der Waals surface area contributed by atoms with Crippen LogP contribution >= 0.6 is 23.2 Å². The smallest absolute Gasteiger partial charge is 0.272 e. The van der Waals surface area contributed by atoms with Gasteiger partial charge in [-0.1, -0.05) is 41.4 Å². The van der Waals surface area contributed by atoms with Crippen LogP contribution in [0.5, 0.6) is 0 Å². The summed E-state index contributed by atoms with van der Waals surface area (Å²) >= 11 is 12.3. The maximum Gasteiger partial charge on any atom is 0.272 e. The summed E-state index contributed by atoms with van der Waals surface area (Å²) in [6.07, 6.45) is 1.58. The number of anilines is 1. The number of hydrogen-bond donors (Lipinski definition) is 1. The molecule has 0 atom stereocenters. The summed E-state index contributed by atoms with van der Waals surface area (Å²) in [6, 6.07) is 11.5. The quantitative estimate of drug-likeness (QED) is 0.492. The van der Waals surface area contributed by atoms with Crippen LogP contribution < -0.4 is 5.32 Å². The number of hydrogen-bond acceptors (Lipinski definition) is 4. The summed E-state index contributed by atoms with van der Waals surface area (Å²) in [6.45, 7) is 1.96. The Morgan fingerprint density at radius 3 is 2.63 bits per heavy atom. The normalized spacial score (nSPS) is 10.6. The standard InChI is InChI=1S/C18H14Cl2N4O3/c1-11-8-12(6-7-16(11)24(26)27)18(25)21-17-15(20)10-23(22-17)9-13-4-2-3-5-14(13)19/h2-8,10H,9H2,1H3,(H,21,22,25). The molecule has 1 N–H and O–H groups in total. The van der Waals surface area contributed by atoms with Crippen molar-refractivity contribution in [1.82, 2.24) is 9.78 Å². The number of rotatable bonds is 5. The number of nitro benzene ring substituents is 1. The van der Waals surface area contributed by atoms with Crippen molar-refractivity contribution in [2.24, 2.45) is 0 Å². The lowest BCUT2D eigenvalue weighted by atomic mass is 10.1. The molecule has 0 aliphatic rings. The van der Waals surface area contributed by atoms with Crippen LogP contribution in [0.1, 0.15) is 21.5 Å². The molecule has 0 spiro atoms. The fourth-order valence-electron chi connectivity index (χ4n) is 2.55. The predicted octanol–water partition coefficient (Wildman–Crippen LogP) is 4.71. The molecule has 138 valence electrons. The van der Waals surface area contributed by atoms with Crippen LogP contribution in [-0.4, -0.2) is 20.6 Å². The van der Waals surface area contributed by atoms with E-state index in [1.165, 1.54) is 18.2 Å². The Morgan fingerprint density at radius 1 is 1.22 bits per heavy atom. The number of nitrogens with zero attached hydrogens (tertiary/aromatic N) is 3. The highest BCUT2D eigenvalue weighted by atomic mass is 35.5. The molecule has 0 fully saturated rings. The molecule has 0 radical (unpaired) electrons. The zero-order chi connectivity index (χ0) is 19.6. The molecule has 3 aromatic rings. The highest BCUT2D eigenvalue weighted by molar-refractivity contribution is 6.33. The van der Waals surface area contributed by atoms with Crippen LogP contribution in [-0.2, 0) is 6.54 Å². The van der Waals surface area contributed by atoms with Crippen molar-refractivity contribution < 1.29 is 9.72 Å². The number of halogens is 2. The second-order valence-corrected chi connectivity index (χ2v) is 6.64. The number of benzene rings is 2. The summed E-state index contributed by atoms with van der Waals surface area (Å²) < 4.78 is 1.57. The third-order valence-corrected chi connectivity index (χ3v) is 4.54. The highest BCUT2D eigenvalue weighted by Gasteiger charge is 2.16. The minimum Gasteiger partial charge on any atom is -0.304 e. The van der Waals surface area contributed by atoms with Crippen LogP contribution in [0.25, 0.3) is 0 Å². The van der Waals surface area contributed by atoms with E-state index in [4.69, 9.17) is 23.2 Å².